The number of nitrogens with zero attached hydrogens (tertiary/aromatic N) is 3. The van der Waals surface area contributed by atoms with Gasteiger partial charge in [-0.1, -0.05) is 30.3 Å². The van der Waals surface area contributed by atoms with Crippen LogP contribution in [-0.4, -0.2) is 30.8 Å². The van der Waals surface area contributed by atoms with Gasteiger partial charge in [-0.05, 0) is 12.0 Å². The molecule has 1 amide bonds. The summed E-state index contributed by atoms with van der Waals surface area (Å²) in [7, 11) is 1.56. The predicted octanol–water partition coefficient (Wildman–Crippen LogP) is -0.111. The minimum atomic E-state index is -0.512. The molecule has 9 nitrogen and oxygen atoms in total. The molecule has 0 aliphatic rings. The number of hydrogen-bond acceptors (Lipinski definition) is 6. The Hall–Kier alpha value is -2.85. The first-order valence-corrected chi connectivity index (χ1v) is 9.46. The summed E-state index contributed by atoms with van der Waals surface area (Å²) in [5.41, 5.74) is 2.91. The van der Waals surface area contributed by atoms with Crippen molar-refractivity contribution in [3.63, 3.8) is 0 Å². The van der Waals surface area contributed by atoms with Gasteiger partial charge in [0.05, 0.1) is 11.5 Å². The molecule has 3 rings (SSSR count). The number of carbonyl (C=O) groups is 1. The van der Waals surface area contributed by atoms with E-state index >= 15 is 0 Å². The lowest BCUT2D eigenvalue weighted by Crippen LogP contribution is -2.31. The number of imidazole rings is 1. The van der Waals surface area contributed by atoms with Crippen LogP contribution in [0.5, 0.6) is 0 Å². The van der Waals surface area contributed by atoms with Gasteiger partial charge < -0.3 is 4.57 Å². The lowest BCUT2D eigenvalue weighted by Gasteiger charge is -2.09. The van der Waals surface area contributed by atoms with Crippen LogP contribution in [0.15, 0.2) is 39.9 Å². The van der Waals surface area contributed by atoms with Crippen LogP contribution in [-0.2, 0) is 30.6 Å². The Balaban J connectivity index is 1.97. The van der Waals surface area contributed by atoms with E-state index in [9.17, 15) is 14.4 Å². The number of H-pyrrole nitrogens is 1. The second kappa shape index (κ2) is 8.23. The van der Waals surface area contributed by atoms with Crippen molar-refractivity contribution in [1.82, 2.24) is 24.5 Å². The van der Waals surface area contributed by atoms with Gasteiger partial charge >= 0.3 is 5.69 Å². The van der Waals surface area contributed by atoms with Crippen molar-refractivity contribution in [2.45, 2.75) is 18.7 Å². The van der Waals surface area contributed by atoms with Gasteiger partial charge in [0, 0.05) is 13.6 Å². The quantitative estimate of drug-likeness (QED) is 0.294. The molecule has 0 radical (unpaired) electrons. The zero-order valence-electron chi connectivity index (χ0n) is 14.8. The van der Waals surface area contributed by atoms with Crippen molar-refractivity contribution >= 4 is 28.8 Å². The first kappa shape index (κ1) is 18.9. The predicted molar refractivity (Wildman–Crippen MR) is 104 cm³/mol. The van der Waals surface area contributed by atoms with Crippen molar-refractivity contribution in [2.75, 3.05) is 5.75 Å². The molecule has 10 heteroatoms. The first-order chi connectivity index (χ1) is 13.0. The van der Waals surface area contributed by atoms with E-state index in [1.54, 1.807) is 7.05 Å². The largest absolute Gasteiger partial charge is 0.329 e. The average Bonchev–Trinajstić information content (AvgIpc) is 3.04. The third kappa shape index (κ3) is 4.12. The third-order valence-corrected chi connectivity index (χ3v) is 5.11. The zero-order chi connectivity index (χ0) is 19.4. The summed E-state index contributed by atoms with van der Waals surface area (Å²) < 4.78 is 3.13. The molecular weight excluding hydrogens is 368 g/mol. The van der Waals surface area contributed by atoms with E-state index in [-0.39, 0.29) is 11.7 Å². The minimum Gasteiger partial charge on any atom is -0.321 e. The standard InChI is InChI=1S/C17H20N6O3S/c1-22-15-14(16(25)20-17(22)26)23(8-7-11-5-3-2-4-6-11)12(19-15)9-27-10-13(24)21-18/h2-6H,7-10,18H2,1H3,(H,21,24)(H,20,25,26). The van der Waals surface area contributed by atoms with E-state index in [0.29, 0.717) is 35.7 Å². The fraction of sp³-hybridized carbons (Fsp3) is 0.294. The number of aromatic amines is 1. The maximum atomic E-state index is 12.4. The van der Waals surface area contributed by atoms with Gasteiger partial charge in [0.15, 0.2) is 11.2 Å². The first-order valence-electron chi connectivity index (χ1n) is 8.30. The Bertz CT molecular complexity index is 1070. The highest BCUT2D eigenvalue weighted by Gasteiger charge is 2.17. The van der Waals surface area contributed by atoms with Crippen LogP contribution in [0.1, 0.15) is 11.4 Å². The highest BCUT2D eigenvalue weighted by molar-refractivity contribution is 7.99. The average molecular weight is 388 g/mol. The van der Waals surface area contributed by atoms with Crippen molar-refractivity contribution in [2.24, 2.45) is 12.9 Å². The fourth-order valence-electron chi connectivity index (χ4n) is 2.79. The number of amides is 1. The van der Waals surface area contributed by atoms with Gasteiger partial charge in [-0.2, -0.15) is 0 Å². The van der Waals surface area contributed by atoms with Gasteiger partial charge in [0.1, 0.15) is 5.82 Å². The monoisotopic (exact) mass is 388 g/mol. The molecule has 0 aliphatic carbocycles. The lowest BCUT2D eigenvalue weighted by atomic mass is 10.1. The number of hydrogen-bond donors (Lipinski definition) is 3. The van der Waals surface area contributed by atoms with E-state index in [2.05, 4.69) is 15.4 Å². The molecule has 0 saturated carbocycles. The fourth-order valence-corrected chi connectivity index (χ4v) is 3.57. The molecule has 27 heavy (non-hydrogen) atoms. The third-order valence-electron chi connectivity index (χ3n) is 4.18. The molecular formula is C17H20N6O3S. The Kier molecular flexibility index (Phi) is 5.77. The molecule has 0 atom stereocenters. The molecule has 0 spiro atoms. The van der Waals surface area contributed by atoms with Gasteiger partial charge in [-0.3, -0.25) is 24.6 Å². The molecule has 2 aromatic heterocycles. The number of rotatable bonds is 7. The zero-order valence-corrected chi connectivity index (χ0v) is 15.6. The number of aromatic nitrogens is 4. The Morgan fingerprint density at radius 1 is 1.30 bits per heavy atom. The van der Waals surface area contributed by atoms with Crippen molar-refractivity contribution in [1.29, 1.82) is 0 Å². The summed E-state index contributed by atoms with van der Waals surface area (Å²) in [5.74, 6) is 6.01. The Morgan fingerprint density at radius 2 is 2.04 bits per heavy atom. The van der Waals surface area contributed by atoms with Gasteiger partial charge in [0.2, 0.25) is 5.91 Å². The van der Waals surface area contributed by atoms with E-state index in [1.807, 2.05) is 34.9 Å². The molecule has 1 aromatic carbocycles. The number of aryl methyl sites for hydroxylation is 3. The summed E-state index contributed by atoms with van der Waals surface area (Å²) in [6, 6.07) is 9.89. The second-order valence-corrected chi connectivity index (χ2v) is 6.95. The summed E-state index contributed by atoms with van der Waals surface area (Å²) >= 11 is 1.33. The Labute approximate surface area is 158 Å². The molecule has 4 N–H and O–H groups in total. The maximum absolute atomic E-state index is 12.4. The molecule has 142 valence electrons. The number of carbonyl (C=O) groups excluding carboxylic acids is 1. The van der Waals surface area contributed by atoms with Crippen molar-refractivity contribution in [3.8, 4) is 0 Å². The van der Waals surface area contributed by atoms with Crippen LogP contribution < -0.4 is 22.5 Å². The number of hydrazine groups is 1. The van der Waals surface area contributed by atoms with Crippen LogP contribution in [0.25, 0.3) is 11.2 Å². The highest BCUT2D eigenvalue weighted by Crippen LogP contribution is 2.17. The summed E-state index contributed by atoms with van der Waals surface area (Å²) in [6.45, 7) is 0.529. The summed E-state index contributed by atoms with van der Waals surface area (Å²) in [4.78, 5) is 42.4. The van der Waals surface area contributed by atoms with Crippen LogP contribution >= 0.6 is 11.8 Å². The maximum Gasteiger partial charge on any atom is 0.329 e. The molecule has 2 heterocycles. The number of nitrogens with two attached hydrogens (primary N) is 1. The van der Waals surface area contributed by atoms with Crippen molar-refractivity contribution in [3.05, 3.63) is 62.6 Å². The Morgan fingerprint density at radius 3 is 2.74 bits per heavy atom. The van der Waals surface area contributed by atoms with Gasteiger partial charge in [0.25, 0.3) is 5.56 Å². The van der Waals surface area contributed by atoms with E-state index in [4.69, 9.17) is 5.84 Å². The van der Waals surface area contributed by atoms with E-state index < -0.39 is 11.2 Å². The minimum absolute atomic E-state index is 0.174. The van der Waals surface area contributed by atoms with E-state index in [1.165, 1.54) is 16.3 Å². The molecule has 0 fully saturated rings. The smallest absolute Gasteiger partial charge is 0.321 e. The molecule has 0 bridgehead atoms. The SMILES string of the molecule is Cn1c(=O)[nH]c(=O)c2c1nc(CSCC(=O)NN)n2CCc1ccccc1. The highest BCUT2D eigenvalue weighted by atomic mass is 32.2. The number of fused-ring (bicyclic) bond motifs is 1. The lowest BCUT2D eigenvalue weighted by molar-refractivity contribution is -0.118. The number of nitrogens with one attached hydrogen (secondary N) is 2. The number of thioether (sulfide) groups is 1. The molecule has 0 aliphatic heterocycles. The number of benzene rings is 1. The van der Waals surface area contributed by atoms with Gasteiger partial charge in [-0.25, -0.2) is 15.6 Å². The van der Waals surface area contributed by atoms with Crippen LogP contribution in [0.4, 0.5) is 0 Å². The van der Waals surface area contributed by atoms with Crippen LogP contribution in [0, 0.1) is 0 Å². The van der Waals surface area contributed by atoms with Crippen LogP contribution in [0.3, 0.4) is 0 Å². The summed E-state index contributed by atoms with van der Waals surface area (Å²) in [5, 5.41) is 0. The second-order valence-electron chi connectivity index (χ2n) is 5.97. The topological polar surface area (TPSA) is 128 Å². The molecule has 0 saturated heterocycles. The normalized spacial score (nSPS) is 11.0. The van der Waals surface area contributed by atoms with Gasteiger partial charge in [-0.15, -0.1) is 11.8 Å². The van der Waals surface area contributed by atoms with Crippen LogP contribution in [0.2, 0.25) is 0 Å². The summed E-state index contributed by atoms with van der Waals surface area (Å²) in [6.07, 6.45) is 0.704. The molecule has 3 aromatic rings. The van der Waals surface area contributed by atoms with Crippen molar-refractivity contribution < 1.29 is 4.79 Å². The van der Waals surface area contributed by atoms with E-state index in [0.717, 1.165) is 5.56 Å². The molecule has 0 unspecified atom stereocenters.